The van der Waals surface area contributed by atoms with Crippen LogP contribution in [-0.4, -0.2) is 53.1 Å². The van der Waals surface area contributed by atoms with Crippen LogP contribution < -0.4 is 10.6 Å². The molecule has 0 atom stereocenters. The van der Waals surface area contributed by atoms with Crippen molar-refractivity contribution in [1.82, 2.24) is 15.5 Å². The zero-order valence-corrected chi connectivity index (χ0v) is 14.7. The number of amides is 3. The molecule has 3 amide bonds. The van der Waals surface area contributed by atoms with Gasteiger partial charge in [0.15, 0.2) is 5.76 Å². The maximum atomic E-state index is 12.4. The quantitative estimate of drug-likeness (QED) is 0.759. The van der Waals surface area contributed by atoms with Gasteiger partial charge in [0.05, 0.1) is 5.56 Å². The molecule has 1 aliphatic heterocycles. The Hall–Kier alpha value is -2.51. The third-order valence-corrected chi connectivity index (χ3v) is 5.11. The first kappa shape index (κ1) is 18.3. The summed E-state index contributed by atoms with van der Waals surface area (Å²) in [5, 5.41) is 14.9. The number of likely N-dealkylation sites (tertiary alicyclic amines) is 1. The minimum absolute atomic E-state index is 0.0313. The lowest BCUT2D eigenvalue weighted by Gasteiger charge is -2.32. The number of aromatic carboxylic acids is 1. The van der Waals surface area contributed by atoms with Crippen molar-refractivity contribution in [3.8, 4) is 0 Å². The summed E-state index contributed by atoms with van der Waals surface area (Å²) in [7, 11) is 0. The predicted molar refractivity (Wildman–Crippen MR) is 93.1 cm³/mol. The molecule has 26 heavy (non-hydrogen) atoms. The molecule has 0 spiro atoms. The second-order valence-electron chi connectivity index (χ2n) is 7.02. The van der Waals surface area contributed by atoms with Crippen molar-refractivity contribution < 1.29 is 23.9 Å². The van der Waals surface area contributed by atoms with Crippen LogP contribution in [0.2, 0.25) is 0 Å². The summed E-state index contributed by atoms with van der Waals surface area (Å²) in [6, 6.07) is 1.42. The van der Waals surface area contributed by atoms with Gasteiger partial charge in [-0.1, -0.05) is 19.3 Å². The highest BCUT2D eigenvalue weighted by atomic mass is 16.4. The fourth-order valence-corrected chi connectivity index (χ4v) is 3.60. The second kappa shape index (κ2) is 8.25. The fraction of sp³-hybridized carbons (Fsp3) is 0.611. The van der Waals surface area contributed by atoms with Gasteiger partial charge in [-0.15, -0.1) is 0 Å². The number of rotatable bonds is 4. The average molecular weight is 363 g/mol. The standard InChI is InChI=1S/C18H25N3O5/c22-16(15-10-12(11-26-15)17(23)24)21-8-6-14(7-9-21)20-18(25)19-13-4-2-1-3-5-13/h10-11,13-14H,1-9H2,(H,23,24)(H2,19,20,25). The summed E-state index contributed by atoms with van der Waals surface area (Å²) in [5.41, 5.74) is -0.0377. The van der Waals surface area contributed by atoms with Crippen LogP contribution in [0.1, 0.15) is 65.9 Å². The van der Waals surface area contributed by atoms with Gasteiger partial charge in [0.1, 0.15) is 6.26 Å². The number of carboxylic acid groups (broad SMARTS) is 1. The van der Waals surface area contributed by atoms with E-state index in [2.05, 4.69) is 10.6 Å². The third-order valence-electron chi connectivity index (χ3n) is 5.11. The lowest BCUT2D eigenvalue weighted by molar-refractivity contribution is 0.0672. The number of urea groups is 1. The second-order valence-corrected chi connectivity index (χ2v) is 7.02. The summed E-state index contributed by atoms with van der Waals surface area (Å²) in [4.78, 5) is 37.0. The Labute approximate surface area is 151 Å². The first-order valence-corrected chi connectivity index (χ1v) is 9.21. The molecule has 1 aliphatic carbocycles. The van der Waals surface area contributed by atoms with Gasteiger partial charge in [-0.25, -0.2) is 9.59 Å². The number of nitrogens with one attached hydrogen (secondary N) is 2. The molecule has 142 valence electrons. The van der Waals surface area contributed by atoms with Crippen molar-refractivity contribution in [3.63, 3.8) is 0 Å². The van der Waals surface area contributed by atoms with Crippen LogP contribution in [0.15, 0.2) is 16.7 Å². The largest absolute Gasteiger partial charge is 0.478 e. The summed E-state index contributed by atoms with van der Waals surface area (Å²) in [5.74, 6) is -1.41. The van der Waals surface area contributed by atoms with Crippen LogP contribution in [-0.2, 0) is 0 Å². The average Bonchev–Trinajstić information content (AvgIpc) is 3.13. The molecule has 1 aromatic rings. The van der Waals surface area contributed by atoms with E-state index in [0.29, 0.717) is 25.9 Å². The molecule has 1 aromatic heterocycles. The zero-order valence-electron chi connectivity index (χ0n) is 14.7. The Kier molecular flexibility index (Phi) is 5.80. The number of carbonyl (C=O) groups is 3. The molecule has 1 saturated heterocycles. The topological polar surface area (TPSA) is 112 Å². The molecule has 1 saturated carbocycles. The maximum Gasteiger partial charge on any atom is 0.338 e. The Bertz CT molecular complexity index is 658. The molecular formula is C18H25N3O5. The molecular weight excluding hydrogens is 338 g/mol. The van der Waals surface area contributed by atoms with E-state index >= 15 is 0 Å². The van der Waals surface area contributed by atoms with Crippen LogP contribution in [0.4, 0.5) is 4.79 Å². The van der Waals surface area contributed by atoms with Gasteiger partial charge in [0.25, 0.3) is 5.91 Å². The molecule has 3 N–H and O–H groups in total. The molecule has 0 unspecified atom stereocenters. The first-order chi connectivity index (χ1) is 12.5. The summed E-state index contributed by atoms with van der Waals surface area (Å²) >= 11 is 0. The van der Waals surface area contributed by atoms with Gasteiger partial charge < -0.3 is 25.1 Å². The number of piperidine rings is 1. The third kappa shape index (κ3) is 4.56. The van der Waals surface area contributed by atoms with E-state index in [1.54, 1.807) is 4.90 Å². The SMILES string of the molecule is O=C(NC1CCCCC1)NC1CCN(C(=O)c2cc(C(=O)O)co2)CC1. The molecule has 0 bridgehead atoms. The zero-order chi connectivity index (χ0) is 18.5. The normalized spacial score (nSPS) is 19.2. The van der Waals surface area contributed by atoms with Crippen molar-refractivity contribution in [1.29, 1.82) is 0 Å². The lowest BCUT2D eigenvalue weighted by Crippen LogP contribution is -2.51. The summed E-state index contributed by atoms with van der Waals surface area (Å²) < 4.78 is 5.07. The summed E-state index contributed by atoms with van der Waals surface area (Å²) in [6.45, 7) is 0.993. The number of hydrogen-bond acceptors (Lipinski definition) is 4. The minimum Gasteiger partial charge on any atom is -0.478 e. The molecule has 0 radical (unpaired) electrons. The number of carboxylic acids is 1. The van der Waals surface area contributed by atoms with E-state index in [0.717, 1.165) is 19.1 Å². The highest BCUT2D eigenvalue weighted by Crippen LogP contribution is 2.18. The Balaban J connectivity index is 1.43. The van der Waals surface area contributed by atoms with Gasteiger partial charge >= 0.3 is 12.0 Å². The van der Waals surface area contributed by atoms with E-state index < -0.39 is 5.97 Å². The van der Waals surface area contributed by atoms with Crippen LogP contribution in [0.25, 0.3) is 0 Å². The monoisotopic (exact) mass is 363 g/mol. The number of hydrogen-bond donors (Lipinski definition) is 3. The molecule has 2 fully saturated rings. The molecule has 2 heterocycles. The van der Waals surface area contributed by atoms with Crippen LogP contribution in [0.5, 0.6) is 0 Å². The van der Waals surface area contributed by atoms with E-state index in [1.807, 2.05) is 0 Å². The van der Waals surface area contributed by atoms with Crippen molar-refractivity contribution in [3.05, 3.63) is 23.7 Å². The van der Waals surface area contributed by atoms with E-state index in [9.17, 15) is 14.4 Å². The molecule has 2 aliphatic rings. The van der Waals surface area contributed by atoms with Crippen LogP contribution >= 0.6 is 0 Å². The molecule has 8 heteroatoms. The fourth-order valence-electron chi connectivity index (χ4n) is 3.60. The Morgan fingerprint density at radius 2 is 1.62 bits per heavy atom. The maximum absolute atomic E-state index is 12.4. The lowest BCUT2D eigenvalue weighted by atomic mass is 9.96. The van der Waals surface area contributed by atoms with Crippen molar-refractivity contribution >= 4 is 17.9 Å². The van der Waals surface area contributed by atoms with Crippen molar-refractivity contribution in [2.45, 2.75) is 57.0 Å². The highest BCUT2D eigenvalue weighted by Gasteiger charge is 2.27. The van der Waals surface area contributed by atoms with Gasteiger partial charge in [-0.2, -0.15) is 0 Å². The molecule has 8 nitrogen and oxygen atoms in total. The van der Waals surface area contributed by atoms with E-state index in [1.165, 1.54) is 25.3 Å². The van der Waals surface area contributed by atoms with Crippen LogP contribution in [0.3, 0.4) is 0 Å². The van der Waals surface area contributed by atoms with E-state index in [4.69, 9.17) is 9.52 Å². The van der Waals surface area contributed by atoms with Crippen LogP contribution in [0, 0.1) is 0 Å². The number of furan rings is 1. The first-order valence-electron chi connectivity index (χ1n) is 9.21. The number of carbonyl (C=O) groups excluding carboxylic acids is 2. The van der Waals surface area contributed by atoms with Gasteiger partial charge in [0.2, 0.25) is 0 Å². The Morgan fingerprint density at radius 1 is 1.00 bits per heavy atom. The van der Waals surface area contributed by atoms with E-state index in [-0.39, 0.29) is 35.3 Å². The van der Waals surface area contributed by atoms with Crippen molar-refractivity contribution in [2.75, 3.05) is 13.1 Å². The van der Waals surface area contributed by atoms with Gasteiger partial charge in [0, 0.05) is 31.2 Å². The highest BCUT2D eigenvalue weighted by molar-refractivity contribution is 5.95. The smallest absolute Gasteiger partial charge is 0.338 e. The minimum atomic E-state index is -1.13. The molecule has 3 rings (SSSR count). The van der Waals surface area contributed by atoms with Gasteiger partial charge in [-0.3, -0.25) is 4.79 Å². The van der Waals surface area contributed by atoms with Crippen molar-refractivity contribution in [2.24, 2.45) is 0 Å². The summed E-state index contributed by atoms with van der Waals surface area (Å²) in [6.07, 6.45) is 8.06. The number of nitrogens with zero attached hydrogens (tertiary/aromatic N) is 1. The van der Waals surface area contributed by atoms with Gasteiger partial charge in [-0.05, 0) is 25.7 Å². The molecule has 0 aromatic carbocycles. The Morgan fingerprint density at radius 3 is 2.19 bits per heavy atom. The predicted octanol–water partition coefficient (Wildman–Crippen LogP) is 2.21.